The van der Waals surface area contributed by atoms with Crippen LogP contribution >= 0.6 is 0 Å². The van der Waals surface area contributed by atoms with Crippen LogP contribution < -0.4 is 0 Å². The van der Waals surface area contributed by atoms with Gasteiger partial charge in [-0.25, -0.2) is 9.97 Å². The predicted molar refractivity (Wildman–Crippen MR) is 75.3 cm³/mol. The lowest BCUT2D eigenvalue weighted by Gasteiger charge is -2.21. The van der Waals surface area contributed by atoms with E-state index in [9.17, 15) is 9.90 Å². The summed E-state index contributed by atoms with van der Waals surface area (Å²) in [5, 5.41) is 9.23. The first kappa shape index (κ1) is 13.0. The smallest absolute Gasteiger partial charge is 0.320 e. The molecule has 1 N–H and O–H groups in total. The lowest BCUT2D eigenvalue weighted by atomic mass is 10.2. The van der Waals surface area contributed by atoms with Gasteiger partial charge in [0, 0.05) is 6.54 Å². The van der Waals surface area contributed by atoms with Crippen molar-refractivity contribution in [2.24, 2.45) is 0 Å². The number of aliphatic carboxylic acids is 1. The minimum Gasteiger partial charge on any atom is -0.480 e. The number of aryl methyl sites for hydroxylation is 1. The van der Waals surface area contributed by atoms with Crippen molar-refractivity contribution in [2.45, 2.75) is 32.4 Å². The topological polar surface area (TPSA) is 66.3 Å². The zero-order chi connectivity index (χ0) is 14.1. The van der Waals surface area contributed by atoms with E-state index >= 15 is 0 Å². The van der Waals surface area contributed by atoms with Crippen LogP contribution in [-0.4, -0.2) is 38.5 Å². The van der Waals surface area contributed by atoms with Crippen molar-refractivity contribution in [3.05, 3.63) is 35.7 Å². The van der Waals surface area contributed by atoms with Crippen LogP contribution in [0.4, 0.5) is 0 Å². The number of nitrogens with zero attached hydrogens (tertiary/aromatic N) is 3. The largest absolute Gasteiger partial charge is 0.480 e. The summed E-state index contributed by atoms with van der Waals surface area (Å²) in [6.07, 6.45) is 1.65. The van der Waals surface area contributed by atoms with Crippen LogP contribution in [0, 0.1) is 6.92 Å². The molecule has 3 rings (SSSR count). The molecule has 2 aromatic rings. The Morgan fingerprint density at radius 3 is 2.75 bits per heavy atom. The molecule has 1 atom stereocenters. The average molecular weight is 271 g/mol. The molecule has 5 heteroatoms. The van der Waals surface area contributed by atoms with Crippen molar-refractivity contribution in [2.75, 3.05) is 6.54 Å². The zero-order valence-electron chi connectivity index (χ0n) is 11.4. The number of aromatic nitrogens is 2. The van der Waals surface area contributed by atoms with E-state index in [1.807, 2.05) is 36.1 Å². The Hall–Kier alpha value is -2.01. The maximum atomic E-state index is 11.2. The molecule has 0 bridgehead atoms. The van der Waals surface area contributed by atoms with Crippen molar-refractivity contribution in [1.29, 1.82) is 0 Å². The van der Waals surface area contributed by atoms with Gasteiger partial charge in [0.25, 0.3) is 0 Å². The summed E-state index contributed by atoms with van der Waals surface area (Å²) in [6.45, 7) is 3.30. The quantitative estimate of drug-likeness (QED) is 0.924. The number of carbonyl (C=O) groups is 1. The lowest BCUT2D eigenvalue weighted by molar-refractivity contribution is -0.142. The van der Waals surface area contributed by atoms with Gasteiger partial charge in [-0.2, -0.15) is 0 Å². The molecule has 0 spiro atoms. The molecule has 0 amide bonds. The molecule has 1 aromatic carbocycles. The summed E-state index contributed by atoms with van der Waals surface area (Å²) in [4.78, 5) is 22.4. The molecule has 5 nitrogen and oxygen atoms in total. The predicted octanol–water partition coefficient (Wildman–Crippen LogP) is 1.99. The first-order valence-electron chi connectivity index (χ1n) is 6.84. The van der Waals surface area contributed by atoms with Crippen molar-refractivity contribution in [1.82, 2.24) is 14.9 Å². The standard InChI is InChI=1S/C15H17N3O2/c1-10-13(9-18-8-4-7-14(18)15(19)20)17-12-6-3-2-5-11(12)16-10/h2-3,5-6,14H,4,7-9H2,1H3,(H,19,20)/t14-/m0/s1. The third kappa shape index (κ3) is 2.36. The van der Waals surface area contributed by atoms with Crippen LogP contribution in [0.3, 0.4) is 0 Å². The number of likely N-dealkylation sites (tertiary alicyclic amines) is 1. The lowest BCUT2D eigenvalue weighted by Crippen LogP contribution is -2.35. The van der Waals surface area contributed by atoms with Crippen molar-refractivity contribution in [3.8, 4) is 0 Å². The van der Waals surface area contributed by atoms with Gasteiger partial charge in [-0.15, -0.1) is 0 Å². The first-order valence-corrected chi connectivity index (χ1v) is 6.84. The van der Waals surface area contributed by atoms with E-state index in [-0.39, 0.29) is 6.04 Å². The molecule has 0 radical (unpaired) electrons. The average Bonchev–Trinajstić information content (AvgIpc) is 2.88. The van der Waals surface area contributed by atoms with Gasteiger partial charge < -0.3 is 5.11 Å². The second-order valence-electron chi connectivity index (χ2n) is 5.21. The maximum absolute atomic E-state index is 11.2. The van der Waals surface area contributed by atoms with Gasteiger partial charge in [-0.3, -0.25) is 9.69 Å². The van der Waals surface area contributed by atoms with E-state index in [1.165, 1.54) is 0 Å². The Balaban J connectivity index is 1.90. The van der Waals surface area contributed by atoms with Crippen LogP contribution in [0.15, 0.2) is 24.3 Å². The molecule has 1 saturated heterocycles. The number of hydrogen-bond acceptors (Lipinski definition) is 4. The van der Waals surface area contributed by atoms with Crippen LogP contribution in [0.5, 0.6) is 0 Å². The van der Waals surface area contributed by atoms with E-state index in [0.29, 0.717) is 6.54 Å². The third-order valence-corrected chi connectivity index (χ3v) is 3.84. The highest BCUT2D eigenvalue weighted by Crippen LogP contribution is 2.21. The van der Waals surface area contributed by atoms with Gasteiger partial charge in [-0.05, 0) is 38.4 Å². The summed E-state index contributed by atoms with van der Waals surface area (Å²) in [5.74, 6) is -0.742. The molecule has 2 heterocycles. The molecule has 20 heavy (non-hydrogen) atoms. The minimum atomic E-state index is -0.742. The molecule has 1 aliphatic heterocycles. The molecule has 1 aliphatic rings. The number of fused-ring (bicyclic) bond motifs is 1. The van der Waals surface area contributed by atoms with E-state index in [1.54, 1.807) is 0 Å². The Bertz CT molecular complexity index is 657. The number of para-hydroxylation sites is 2. The molecule has 0 unspecified atom stereocenters. The van der Waals surface area contributed by atoms with Gasteiger partial charge in [0.1, 0.15) is 6.04 Å². The van der Waals surface area contributed by atoms with Gasteiger partial charge in [0.15, 0.2) is 0 Å². The van der Waals surface area contributed by atoms with Crippen molar-refractivity contribution < 1.29 is 9.90 Å². The maximum Gasteiger partial charge on any atom is 0.320 e. The minimum absolute atomic E-state index is 0.386. The Kier molecular flexibility index (Phi) is 3.36. The highest BCUT2D eigenvalue weighted by molar-refractivity contribution is 5.74. The van der Waals surface area contributed by atoms with Crippen molar-refractivity contribution in [3.63, 3.8) is 0 Å². The fourth-order valence-corrected chi connectivity index (χ4v) is 2.76. The van der Waals surface area contributed by atoms with E-state index in [0.717, 1.165) is 41.8 Å². The van der Waals surface area contributed by atoms with Crippen LogP contribution in [0.2, 0.25) is 0 Å². The Morgan fingerprint density at radius 1 is 1.35 bits per heavy atom. The molecule has 1 fully saturated rings. The summed E-state index contributed by atoms with van der Waals surface area (Å²) in [5.41, 5.74) is 3.49. The molecule has 0 saturated carbocycles. The number of carboxylic acid groups (broad SMARTS) is 1. The fourth-order valence-electron chi connectivity index (χ4n) is 2.76. The van der Waals surface area contributed by atoms with Crippen LogP contribution in [0.1, 0.15) is 24.2 Å². The van der Waals surface area contributed by atoms with E-state index < -0.39 is 5.97 Å². The normalized spacial score (nSPS) is 19.6. The van der Waals surface area contributed by atoms with Gasteiger partial charge in [0.05, 0.1) is 22.4 Å². The highest BCUT2D eigenvalue weighted by atomic mass is 16.4. The Morgan fingerprint density at radius 2 is 2.05 bits per heavy atom. The van der Waals surface area contributed by atoms with Gasteiger partial charge in [0.2, 0.25) is 0 Å². The highest BCUT2D eigenvalue weighted by Gasteiger charge is 2.30. The molecular weight excluding hydrogens is 254 g/mol. The number of benzene rings is 1. The van der Waals surface area contributed by atoms with E-state index in [2.05, 4.69) is 9.97 Å². The molecule has 104 valence electrons. The second-order valence-corrected chi connectivity index (χ2v) is 5.21. The van der Waals surface area contributed by atoms with Crippen LogP contribution in [-0.2, 0) is 11.3 Å². The number of hydrogen-bond donors (Lipinski definition) is 1. The number of carboxylic acids is 1. The third-order valence-electron chi connectivity index (χ3n) is 3.84. The van der Waals surface area contributed by atoms with E-state index in [4.69, 9.17) is 0 Å². The number of rotatable bonds is 3. The monoisotopic (exact) mass is 271 g/mol. The van der Waals surface area contributed by atoms with Gasteiger partial charge >= 0.3 is 5.97 Å². The SMILES string of the molecule is Cc1nc2ccccc2nc1CN1CCC[C@H]1C(=O)O. The molecule has 0 aliphatic carbocycles. The summed E-state index contributed by atoms with van der Waals surface area (Å²) in [7, 11) is 0. The Labute approximate surface area is 117 Å². The molecule has 1 aromatic heterocycles. The first-order chi connectivity index (χ1) is 9.65. The summed E-state index contributed by atoms with van der Waals surface area (Å²) in [6, 6.07) is 7.37. The zero-order valence-corrected chi connectivity index (χ0v) is 11.4. The van der Waals surface area contributed by atoms with Gasteiger partial charge in [-0.1, -0.05) is 12.1 Å². The fraction of sp³-hybridized carbons (Fsp3) is 0.400. The van der Waals surface area contributed by atoms with Crippen LogP contribution in [0.25, 0.3) is 11.0 Å². The summed E-state index contributed by atoms with van der Waals surface area (Å²) >= 11 is 0. The summed E-state index contributed by atoms with van der Waals surface area (Å²) < 4.78 is 0. The van der Waals surface area contributed by atoms with Crippen molar-refractivity contribution >= 4 is 17.0 Å². The second kappa shape index (κ2) is 5.17. The molecular formula is C15H17N3O2.